The van der Waals surface area contributed by atoms with Crippen LogP contribution in [0.5, 0.6) is 0 Å². The van der Waals surface area contributed by atoms with Crippen molar-refractivity contribution in [2.24, 2.45) is 5.73 Å². The van der Waals surface area contributed by atoms with Crippen LogP contribution in [0.15, 0.2) is 0 Å². The maximum absolute atomic E-state index is 12.7. The third kappa shape index (κ3) is 2.01. The quantitative estimate of drug-likeness (QED) is 0.805. The Morgan fingerprint density at radius 2 is 1.93 bits per heavy atom. The second kappa shape index (κ2) is 3.77. The van der Waals surface area contributed by atoms with Crippen LogP contribution in [0.1, 0.15) is 23.0 Å². The summed E-state index contributed by atoms with van der Waals surface area (Å²) in [7, 11) is 0. The van der Waals surface area contributed by atoms with Crippen molar-refractivity contribution in [3.05, 3.63) is 10.0 Å². The fraction of sp³-hybridized carbons (Fsp3) is 0.667. The number of aromatic nitrogens is 2. The van der Waals surface area contributed by atoms with Gasteiger partial charge in [-0.1, -0.05) is 11.3 Å². The normalized spacial score (nSPS) is 14.8. The Labute approximate surface area is 80.9 Å². The molecule has 3 nitrogen and oxygen atoms in total. The highest BCUT2D eigenvalue weighted by molar-refractivity contribution is 7.11. The Morgan fingerprint density at radius 3 is 2.29 bits per heavy atom. The first-order valence-corrected chi connectivity index (χ1v) is 4.42. The standard InChI is InChI=1S/C6H7F4N3S/c1-2(11)3-12-13-5(14-3)6(9,10)4(7)8/h2,4H,11H2,1H3. The maximum atomic E-state index is 12.7. The summed E-state index contributed by atoms with van der Waals surface area (Å²) in [6, 6.07) is -0.588. The molecule has 0 saturated carbocycles. The summed E-state index contributed by atoms with van der Waals surface area (Å²) in [4.78, 5) is 0. The number of rotatable bonds is 3. The minimum absolute atomic E-state index is 0.111. The number of hydrogen-bond donors (Lipinski definition) is 1. The van der Waals surface area contributed by atoms with E-state index in [9.17, 15) is 17.6 Å². The van der Waals surface area contributed by atoms with Gasteiger partial charge in [0.15, 0.2) is 5.01 Å². The second-order valence-corrected chi connectivity index (χ2v) is 3.67. The molecule has 0 aromatic carbocycles. The first-order valence-electron chi connectivity index (χ1n) is 3.61. The zero-order valence-electron chi connectivity index (χ0n) is 7.05. The van der Waals surface area contributed by atoms with Crippen molar-refractivity contribution < 1.29 is 17.6 Å². The van der Waals surface area contributed by atoms with Crippen LogP contribution in [0.25, 0.3) is 0 Å². The van der Waals surface area contributed by atoms with Gasteiger partial charge in [0.2, 0.25) is 0 Å². The van der Waals surface area contributed by atoms with Gasteiger partial charge in [-0.2, -0.15) is 8.78 Å². The topological polar surface area (TPSA) is 51.8 Å². The Morgan fingerprint density at radius 1 is 1.36 bits per heavy atom. The van der Waals surface area contributed by atoms with Gasteiger partial charge >= 0.3 is 12.3 Å². The average Bonchev–Trinajstić information content (AvgIpc) is 2.51. The van der Waals surface area contributed by atoms with Gasteiger partial charge in [-0.15, -0.1) is 10.2 Å². The summed E-state index contributed by atoms with van der Waals surface area (Å²) >= 11 is 0.399. The molecule has 2 N–H and O–H groups in total. The molecule has 1 aromatic heterocycles. The van der Waals surface area contributed by atoms with Gasteiger partial charge in [0.05, 0.1) is 6.04 Å². The highest BCUT2D eigenvalue weighted by atomic mass is 32.1. The van der Waals surface area contributed by atoms with Crippen LogP contribution in [0, 0.1) is 0 Å². The van der Waals surface area contributed by atoms with Crippen LogP contribution in [0.2, 0.25) is 0 Å². The molecule has 1 unspecified atom stereocenters. The van der Waals surface area contributed by atoms with Crippen LogP contribution >= 0.6 is 11.3 Å². The third-order valence-electron chi connectivity index (χ3n) is 1.39. The van der Waals surface area contributed by atoms with E-state index in [0.29, 0.717) is 11.3 Å². The van der Waals surface area contributed by atoms with E-state index in [1.54, 1.807) is 0 Å². The van der Waals surface area contributed by atoms with E-state index in [1.165, 1.54) is 6.92 Å². The highest BCUT2D eigenvalue weighted by Crippen LogP contribution is 2.36. The smallest absolute Gasteiger partial charge is 0.322 e. The van der Waals surface area contributed by atoms with E-state index in [0.717, 1.165) is 0 Å². The molecule has 1 aromatic rings. The van der Waals surface area contributed by atoms with Crippen molar-refractivity contribution in [2.75, 3.05) is 0 Å². The Balaban J connectivity index is 2.97. The monoisotopic (exact) mass is 229 g/mol. The number of nitrogens with zero attached hydrogens (tertiary/aromatic N) is 2. The summed E-state index contributed by atoms with van der Waals surface area (Å²) in [5, 5.41) is 5.39. The summed E-state index contributed by atoms with van der Waals surface area (Å²) < 4.78 is 49.1. The molecule has 1 rings (SSSR count). The van der Waals surface area contributed by atoms with Crippen molar-refractivity contribution in [3.63, 3.8) is 0 Å². The predicted molar refractivity (Wildman–Crippen MR) is 42.4 cm³/mol. The number of halogens is 4. The van der Waals surface area contributed by atoms with Gasteiger partial charge in [-0.3, -0.25) is 0 Å². The minimum Gasteiger partial charge on any atom is -0.322 e. The Kier molecular flexibility index (Phi) is 3.05. The summed E-state index contributed by atoms with van der Waals surface area (Å²) in [5.74, 6) is -4.25. The zero-order chi connectivity index (χ0) is 10.9. The number of alkyl halides is 4. The van der Waals surface area contributed by atoms with Crippen LogP contribution < -0.4 is 5.73 Å². The van der Waals surface area contributed by atoms with E-state index < -0.39 is 23.4 Å². The van der Waals surface area contributed by atoms with Gasteiger partial charge in [0, 0.05) is 0 Å². The fourth-order valence-corrected chi connectivity index (χ4v) is 1.42. The first kappa shape index (κ1) is 11.3. The molecule has 80 valence electrons. The van der Waals surface area contributed by atoms with E-state index in [1.807, 2.05) is 0 Å². The fourth-order valence-electron chi connectivity index (χ4n) is 0.647. The SMILES string of the molecule is CC(N)c1nnc(C(F)(F)C(F)F)s1. The first-order chi connectivity index (χ1) is 6.35. The molecule has 0 bridgehead atoms. The average molecular weight is 229 g/mol. The lowest BCUT2D eigenvalue weighted by Crippen LogP contribution is -2.23. The predicted octanol–water partition coefficient (Wildman–Crippen LogP) is 1.91. The van der Waals surface area contributed by atoms with Crippen LogP contribution in [0.4, 0.5) is 17.6 Å². The molecule has 0 aliphatic rings. The Hall–Kier alpha value is -0.760. The van der Waals surface area contributed by atoms with Gasteiger partial charge in [-0.25, -0.2) is 8.78 Å². The molecular formula is C6H7F4N3S. The maximum Gasteiger partial charge on any atom is 0.359 e. The molecule has 1 heterocycles. The molecule has 0 aliphatic carbocycles. The molecule has 0 fully saturated rings. The molecular weight excluding hydrogens is 222 g/mol. The third-order valence-corrected chi connectivity index (χ3v) is 2.60. The molecule has 0 spiro atoms. The van der Waals surface area contributed by atoms with Gasteiger partial charge in [0.1, 0.15) is 5.01 Å². The van der Waals surface area contributed by atoms with Crippen LogP contribution in [-0.2, 0) is 5.92 Å². The lowest BCUT2D eigenvalue weighted by molar-refractivity contribution is -0.135. The Bertz CT molecular complexity index is 312. The summed E-state index contributed by atoms with van der Waals surface area (Å²) in [6.07, 6.45) is -3.78. The van der Waals surface area contributed by atoms with E-state index in [4.69, 9.17) is 5.73 Å². The molecule has 0 radical (unpaired) electrons. The number of nitrogens with two attached hydrogens (primary N) is 1. The number of hydrogen-bond acceptors (Lipinski definition) is 4. The second-order valence-electron chi connectivity index (χ2n) is 2.66. The van der Waals surface area contributed by atoms with Crippen molar-refractivity contribution in [2.45, 2.75) is 25.3 Å². The van der Waals surface area contributed by atoms with Crippen molar-refractivity contribution in [1.29, 1.82) is 0 Å². The van der Waals surface area contributed by atoms with Gasteiger partial charge < -0.3 is 5.73 Å². The zero-order valence-corrected chi connectivity index (χ0v) is 7.86. The van der Waals surface area contributed by atoms with E-state index >= 15 is 0 Å². The van der Waals surface area contributed by atoms with Gasteiger partial charge in [0.25, 0.3) is 0 Å². The molecule has 0 aliphatic heterocycles. The summed E-state index contributed by atoms with van der Waals surface area (Å²) in [6.45, 7) is 1.50. The van der Waals surface area contributed by atoms with E-state index in [-0.39, 0.29) is 5.01 Å². The molecule has 0 saturated heterocycles. The minimum atomic E-state index is -4.25. The van der Waals surface area contributed by atoms with Crippen LogP contribution in [-0.4, -0.2) is 16.6 Å². The van der Waals surface area contributed by atoms with Crippen molar-refractivity contribution >= 4 is 11.3 Å². The largest absolute Gasteiger partial charge is 0.359 e. The molecule has 8 heteroatoms. The highest BCUT2D eigenvalue weighted by Gasteiger charge is 2.46. The van der Waals surface area contributed by atoms with Crippen molar-refractivity contribution in [3.8, 4) is 0 Å². The van der Waals surface area contributed by atoms with E-state index in [2.05, 4.69) is 10.2 Å². The lowest BCUT2D eigenvalue weighted by Gasteiger charge is -2.10. The van der Waals surface area contributed by atoms with Crippen molar-refractivity contribution in [1.82, 2.24) is 10.2 Å². The molecule has 14 heavy (non-hydrogen) atoms. The molecule has 1 atom stereocenters. The van der Waals surface area contributed by atoms with Gasteiger partial charge in [-0.05, 0) is 6.92 Å². The summed E-state index contributed by atoms with van der Waals surface area (Å²) in [5.41, 5.74) is 5.32. The van der Waals surface area contributed by atoms with Crippen LogP contribution in [0.3, 0.4) is 0 Å². The molecule has 0 amide bonds. The lowest BCUT2D eigenvalue weighted by atomic mass is 10.4.